The zero-order valence-corrected chi connectivity index (χ0v) is 23.9. The zero-order chi connectivity index (χ0) is 28.5. The molecule has 1 aromatic heterocycles. The van der Waals surface area contributed by atoms with Gasteiger partial charge in [0.25, 0.3) is 5.91 Å². The number of carbonyl (C=O) groups is 1. The maximum atomic E-state index is 13.1. The lowest BCUT2D eigenvalue weighted by atomic mass is 10.1. The summed E-state index contributed by atoms with van der Waals surface area (Å²) in [5.41, 5.74) is 5.40. The number of hydrogen-bond acceptors (Lipinski definition) is 6. The van der Waals surface area contributed by atoms with Gasteiger partial charge in [-0.3, -0.25) is 10.2 Å². The van der Waals surface area contributed by atoms with E-state index in [4.69, 9.17) is 14.9 Å². The molecule has 0 spiro atoms. The van der Waals surface area contributed by atoms with Crippen LogP contribution in [0.3, 0.4) is 0 Å². The molecule has 0 radical (unpaired) electrons. The average molecular weight is 564 g/mol. The fraction of sp³-hybridized carbons (Fsp3) is 0.188. The molecule has 8 nitrogen and oxygen atoms in total. The van der Waals surface area contributed by atoms with Crippen molar-refractivity contribution in [1.82, 2.24) is 9.58 Å². The molecule has 1 amide bonds. The molecule has 0 saturated carbocycles. The molecule has 2 aliphatic rings. The number of rotatable bonds is 8. The van der Waals surface area contributed by atoms with Gasteiger partial charge in [0.05, 0.1) is 12.1 Å². The number of aromatic nitrogens is 1. The summed E-state index contributed by atoms with van der Waals surface area (Å²) in [6.45, 7) is 7.50. The van der Waals surface area contributed by atoms with E-state index in [0.29, 0.717) is 23.4 Å². The second-order valence-electron chi connectivity index (χ2n) is 9.90. The molecule has 0 saturated heterocycles. The van der Waals surface area contributed by atoms with Crippen molar-refractivity contribution in [2.45, 2.75) is 27.3 Å². The number of aryl methyl sites for hydroxylation is 2. The number of amidine groups is 2. The Bertz CT molecular complexity index is 1770. The number of hydrogen-bond donors (Lipinski definition) is 1. The number of amides is 1. The predicted octanol–water partition coefficient (Wildman–Crippen LogP) is 6.34. The van der Waals surface area contributed by atoms with Crippen LogP contribution < -0.4 is 9.47 Å². The van der Waals surface area contributed by atoms with E-state index in [1.165, 1.54) is 22.3 Å². The van der Waals surface area contributed by atoms with Crippen LogP contribution in [-0.4, -0.2) is 44.7 Å². The Morgan fingerprint density at radius 1 is 0.976 bits per heavy atom. The van der Waals surface area contributed by atoms with Crippen LogP contribution in [-0.2, 0) is 11.3 Å². The highest BCUT2D eigenvalue weighted by Crippen LogP contribution is 2.32. The van der Waals surface area contributed by atoms with E-state index >= 15 is 0 Å². The van der Waals surface area contributed by atoms with Crippen molar-refractivity contribution >= 4 is 50.7 Å². The molecule has 6 rings (SSSR count). The first-order chi connectivity index (χ1) is 19.9. The molecule has 0 aliphatic carbocycles. The van der Waals surface area contributed by atoms with Crippen molar-refractivity contribution in [3.63, 3.8) is 0 Å². The third-order valence-corrected chi connectivity index (χ3v) is 7.96. The smallest absolute Gasteiger partial charge is 0.283 e. The van der Waals surface area contributed by atoms with Gasteiger partial charge in [-0.1, -0.05) is 54.1 Å². The predicted molar refractivity (Wildman–Crippen MR) is 165 cm³/mol. The second kappa shape index (κ2) is 11.1. The lowest BCUT2D eigenvalue weighted by molar-refractivity contribution is -0.114. The van der Waals surface area contributed by atoms with Crippen LogP contribution in [0.2, 0.25) is 0 Å². The molecular weight excluding hydrogens is 534 g/mol. The SMILES string of the molecule is Cc1ccc(OCCn2c(C)c(/C=C3\C(=N)N4N=C(COc5ccccc5)SC4=NC3=O)c3ccccc32)c(C)c1. The summed E-state index contributed by atoms with van der Waals surface area (Å²) in [7, 11) is 0. The molecule has 0 unspecified atom stereocenters. The quantitative estimate of drug-likeness (QED) is 0.253. The van der Waals surface area contributed by atoms with E-state index in [2.05, 4.69) is 46.7 Å². The third kappa shape index (κ3) is 5.28. The van der Waals surface area contributed by atoms with Gasteiger partial charge >= 0.3 is 0 Å². The maximum Gasteiger partial charge on any atom is 0.283 e. The average Bonchev–Trinajstić information content (AvgIpc) is 3.50. The first kappa shape index (κ1) is 26.6. The van der Waals surface area contributed by atoms with Crippen LogP contribution in [0.25, 0.3) is 17.0 Å². The third-order valence-electron chi connectivity index (χ3n) is 7.07. The van der Waals surface area contributed by atoms with Gasteiger partial charge < -0.3 is 14.0 Å². The highest BCUT2D eigenvalue weighted by Gasteiger charge is 2.36. The molecule has 1 N–H and O–H groups in total. The summed E-state index contributed by atoms with van der Waals surface area (Å²) in [5.74, 6) is 1.14. The normalized spacial score (nSPS) is 15.8. The highest BCUT2D eigenvalue weighted by atomic mass is 32.2. The number of benzene rings is 3. The number of fused-ring (bicyclic) bond motifs is 2. The van der Waals surface area contributed by atoms with Gasteiger partial charge in [0, 0.05) is 22.2 Å². The van der Waals surface area contributed by atoms with E-state index in [9.17, 15) is 4.79 Å². The Hall–Kier alpha value is -4.63. The van der Waals surface area contributed by atoms with E-state index < -0.39 is 5.91 Å². The molecular formula is C32H29N5O3S. The maximum absolute atomic E-state index is 13.1. The van der Waals surface area contributed by atoms with Gasteiger partial charge in [0.15, 0.2) is 5.84 Å². The van der Waals surface area contributed by atoms with Crippen LogP contribution in [0.1, 0.15) is 22.4 Å². The molecule has 0 fully saturated rings. The van der Waals surface area contributed by atoms with Crippen molar-refractivity contribution in [3.8, 4) is 11.5 Å². The Morgan fingerprint density at radius 2 is 1.76 bits per heavy atom. The van der Waals surface area contributed by atoms with Crippen LogP contribution in [0, 0.1) is 26.2 Å². The monoisotopic (exact) mass is 563 g/mol. The molecule has 4 aromatic rings. The van der Waals surface area contributed by atoms with Crippen LogP contribution in [0.5, 0.6) is 11.5 Å². The molecule has 3 aromatic carbocycles. The topological polar surface area (TPSA) is 92.3 Å². The Labute approximate surface area is 242 Å². The molecule has 9 heteroatoms. The molecule has 0 atom stereocenters. The number of thioether (sulfide) groups is 1. The summed E-state index contributed by atoms with van der Waals surface area (Å²) in [6, 6.07) is 23.7. The minimum Gasteiger partial charge on any atom is -0.491 e. The Balaban J connectivity index is 1.25. The number of para-hydroxylation sites is 2. The first-order valence-corrected chi connectivity index (χ1v) is 14.2. The molecule has 3 heterocycles. The van der Waals surface area contributed by atoms with Crippen molar-refractivity contribution in [2.24, 2.45) is 10.1 Å². The standard InChI is InChI=1S/C32H29N5O3S/c1-20-13-14-28(21(2)17-20)39-16-15-36-22(3)25(24-11-7-8-12-27(24)36)18-26-30(33)37-32(34-31(26)38)41-29(35-37)19-40-23-9-5-4-6-10-23/h4-14,17-18,33H,15-16,19H2,1-3H3/b26-18+,33-30?. The second-order valence-corrected chi connectivity index (χ2v) is 10.9. The number of hydrazone groups is 1. The number of aliphatic imine (C=N–C) groups is 1. The minimum atomic E-state index is -0.455. The fourth-order valence-corrected chi connectivity index (χ4v) is 5.83. The van der Waals surface area contributed by atoms with Gasteiger partial charge in [-0.2, -0.15) is 15.1 Å². The summed E-state index contributed by atoms with van der Waals surface area (Å²) < 4.78 is 14.1. The molecule has 41 heavy (non-hydrogen) atoms. The van der Waals surface area contributed by atoms with Crippen molar-refractivity contribution < 1.29 is 14.3 Å². The van der Waals surface area contributed by atoms with Gasteiger partial charge in [-0.05, 0) is 68.4 Å². The van der Waals surface area contributed by atoms with E-state index in [1.807, 2.05) is 61.5 Å². The Morgan fingerprint density at radius 3 is 2.56 bits per heavy atom. The van der Waals surface area contributed by atoms with Crippen LogP contribution >= 0.6 is 11.8 Å². The minimum absolute atomic E-state index is 0.00313. The lowest BCUT2D eigenvalue weighted by Gasteiger charge is -2.20. The van der Waals surface area contributed by atoms with E-state index in [-0.39, 0.29) is 18.0 Å². The van der Waals surface area contributed by atoms with Crippen molar-refractivity contribution in [1.29, 1.82) is 5.41 Å². The first-order valence-electron chi connectivity index (χ1n) is 13.3. The summed E-state index contributed by atoms with van der Waals surface area (Å²) in [4.78, 5) is 17.4. The summed E-state index contributed by atoms with van der Waals surface area (Å²) in [5, 5.41) is 16.8. The summed E-state index contributed by atoms with van der Waals surface area (Å²) >= 11 is 1.24. The largest absolute Gasteiger partial charge is 0.491 e. The van der Waals surface area contributed by atoms with Gasteiger partial charge in [-0.25, -0.2) is 0 Å². The van der Waals surface area contributed by atoms with Crippen molar-refractivity contribution in [2.75, 3.05) is 13.2 Å². The van der Waals surface area contributed by atoms with E-state index in [1.54, 1.807) is 6.08 Å². The van der Waals surface area contributed by atoms with Crippen LogP contribution in [0.15, 0.2) is 88.5 Å². The number of nitrogens with zero attached hydrogens (tertiary/aromatic N) is 4. The molecule has 0 bridgehead atoms. The zero-order valence-electron chi connectivity index (χ0n) is 23.0. The van der Waals surface area contributed by atoms with Gasteiger partial charge in [-0.15, -0.1) is 0 Å². The lowest BCUT2D eigenvalue weighted by Crippen LogP contribution is -2.35. The van der Waals surface area contributed by atoms with E-state index in [0.717, 1.165) is 39.2 Å². The fourth-order valence-electron chi connectivity index (χ4n) is 5.03. The molecule has 2 aliphatic heterocycles. The Kier molecular flexibility index (Phi) is 7.19. The van der Waals surface area contributed by atoms with Crippen LogP contribution in [0.4, 0.5) is 0 Å². The molecule has 206 valence electrons. The summed E-state index contributed by atoms with van der Waals surface area (Å²) in [6.07, 6.45) is 1.77. The van der Waals surface area contributed by atoms with Gasteiger partial charge in [0.2, 0.25) is 5.17 Å². The number of ether oxygens (including phenoxy) is 2. The highest BCUT2D eigenvalue weighted by molar-refractivity contribution is 8.27. The number of nitrogens with one attached hydrogen (secondary N) is 1. The van der Waals surface area contributed by atoms with Crippen molar-refractivity contribution in [3.05, 3.63) is 101 Å². The number of carbonyl (C=O) groups excluding carboxylic acids is 1. The van der Waals surface area contributed by atoms with Gasteiger partial charge in [0.1, 0.15) is 29.8 Å².